The number of amides is 1. The maximum atomic E-state index is 11.9. The van der Waals surface area contributed by atoms with Crippen molar-refractivity contribution in [2.45, 2.75) is 38.8 Å². The van der Waals surface area contributed by atoms with Crippen molar-refractivity contribution in [1.29, 1.82) is 0 Å². The average Bonchev–Trinajstić information content (AvgIpc) is 2.95. The van der Waals surface area contributed by atoms with Gasteiger partial charge >= 0.3 is 0 Å². The molecule has 1 N–H and O–H groups in total. The third-order valence-electron chi connectivity index (χ3n) is 3.45. The first-order chi connectivity index (χ1) is 8.72. The van der Waals surface area contributed by atoms with Crippen LogP contribution in [0.3, 0.4) is 0 Å². The molecular weight excluding hydrogens is 230 g/mol. The molecule has 3 heterocycles. The smallest absolute Gasteiger partial charge is 0.250 e. The minimum atomic E-state index is 0.0118. The SMILES string of the molecule is Cc1cn2c(n1)CC[C@@H](NC(=O)C1=COCC1)C2. The van der Waals surface area contributed by atoms with Gasteiger partial charge in [0.15, 0.2) is 0 Å². The number of rotatable bonds is 2. The quantitative estimate of drug-likeness (QED) is 0.845. The molecule has 1 atom stereocenters. The van der Waals surface area contributed by atoms with Crippen LogP contribution in [0.5, 0.6) is 0 Å². The molecule has 0 saturated heterocycles. The average molecular weight is 247 g/mol. The van der Waals surface area contributed by atoms with Crippen LogP contribution in [0.2, 0.25) is 0 Å². The van der Waals surface area contributed by atoms with Crippen LogP contribution in [0.1, 0.15) is 24.4 Å². The summed E-state index contributed by atoms with van der Waals surface area (Å²) in [5.74, 6) is 1.14. The summed E-state index contributed by atoms with van der Waals surface area (Å²) in [5, 5.41) is 3.08. The molecule has 0 radical (unpaired) electrons. The van der Waals surface area contributed by atoms with Gasteiger partial charge in [0.25, 0.3) is 5.91 Å². The van der Waals surface area contributed by atoms with E-state index in [1.807, 2.05) is 13.1 Å². The predicted octanol–water partition coefficient (Wildman–Crippen LogP) is 0.927. The minimum Gasteiger partial charge on any atom is -0.500 e. The van der Waals surface area contributed by atoms with E-state index >= 15 is 0 Å². The topological polar surface area (TPSA) is 56.2 Å². The molecule has 0 fully saturated rings. The highest BCUT2D eigenvalue weighted by Crippen LogP contribution is 2.16. The van der Waals surface area contributed by atoms with Crippen molar-refractivity contribution >= 4 is 5.91 Å². The first-order valence-electron chi connectivity index (χ1n) is 6.36. The standard InChI is InChI=1S/C13H17N3O2/c1-9-6-16-7-11(2-3-12(16)14-9)15-13(17)10-4-5-18-8-10/h6,8,11H,2-5,7H2,1H3,(H,15,17)/t11-/m1/s1. The number of nitrogens with zero attached hydrogens (tertiary/aromatic N) is 2. The van der Waals surface area contributed by atoms with Gasteiger partial charge in [0.05, 0.1) is 24.1 Å². The van der Waals surface area contributed by atoms with E-state index < -0.39 is 0 Å². The Labute approximate surface area is 106 Å². The van der Waals surface area contributed by atoms with Crippen molar-refractivity contribution < 1.29 is 9.53 Å². The number of hydrogen-bond donors (Lipinski definition) is 1. The van der Waals surface area contributed by atoms with Gasteiger partial charge in [0, 0.05) is 31.6 Å². The van der Waals surface area contributed by atoms with Crippen LogP contribution >= 0.6 is 0 Å². The summed E-state index contributed by atoms with van der Waals surface area (Å²) in [7, 11) is 0. The number of aryl methyl sites for hydroxylation is 2. The van der Waals surface area contributed by atoms with Gasteiger partial charge in [0.2, 0.25) is 0 Å². The second-order valence-electron chi connectivity index (χ2n) is 4.92. The lowest BCUT2D eigenvalue weighted by atomic mass is 10.1. The van der Waals surface area contributed by atoms with Gasteiger partial charge in [-0.2, -0.15) is 0 Å². The van der Waals surface area contributed by atoms with E-state index in [9.17, 15) is 4.79 Å². The summed E-state index contributed by atoms with van der Waals surface area (Å²) in [6, 6.07) is 0.195. The van der Waals surface area contributed by atoms with E-state index in [-0.39, 0.29) is 11.9 Å². The van der Waals surface area contributed by atoms with E-state index in [0.717, 1.165) is 36.5 Å². The molecule has 5 nitrogen and oxygen atoms in total. The molecule has 0 unspecified atom stereocenters. The highest BCUT2D eigenvalue weighted by atomic mass is 16.5. The predicted molar refractivity (Wildman–Crippen MR) is 65.9 cm³/mol. The molecule has 0 bridgehead atoms. The van der Waals surface area contributed by atoms with Gasteiger partial charge in [0.1, 0.15) is 5.82 Å². The Kier molecular flexibility index (Phi) is 2.81. The molecule has 0 saturated carbocycles. The lowest BCUT2D eigenvalue weighted by molar-refractivity contribution is -0.118. The van der Waals surface area contributed by atoms with E-state index in [2.05, 4.69) is 14.9 Å². The van der Waals surface area contributed by atoms with Crippen LogP contribution in [0, 0.1) is 6.92 Å². The summed E-state index contributed by atoms with van der Waals surface area (Å²) in [6.07, 6.45) is 6.22. The van der Waals surface area contributed by atoms with Crippen molar-refractivity contribution in [2.24, 2.45) is 0 Å². The van der Waals surface area contributed by atoms with Crippen LogP contribution < -0.4 is 5.32 Å². The molecule has 1 aromatic heterocycles. The zero-order valence-electron chi connectivity index (χ0n) is 10.5. The fourth-order valence-corrected chi connectivity index (χ4v) is 2.54. The van der Waals surface area contributed by atoms with Crippen molar-refractivity contribution in [3.05, 3.63) is 29.6 Å². The molecule has 0 aromatic carbocycles. The van der Waals surface area contributed by atoms with E-state index in [1.54, 1.807) is 6.26 Å². The lowest BCUT2D eigenvalue weighted by Gasteiger charge is -2.24. The van der Waals surface area contributed by atoms with Crippen LogP contribution in [0.4, 0.5) is 0 Å². The second-order valence-corrected chi connectivity index (χ2v) is 4.92. The zero-order valence-corrected chi connectivity index (χ0v) is 10.5. The third-order valence-corrected chi connectivity index (χ3v) is 3.45. The van der Waals surface area contributed by atoms with Gasteiger partial charge in [-0.25, -0.2) is 4.98 Å². The van der Waals surface area contributed by atoms with E-state index in [4.69, 9.17) is 4.74 Å². The summed E-state index contributed by atoms with van der Waals surface area (Å²) < 4.78 is 7.23. The Morgan fingerprint density at radius 2 is 2.44 bits per heavy atom. The van der Waals surface area contributed by atoms with Crippen molar-refractivity contribution in [3.63, 3.8) is 0 Å². The van der Waals surface area contributed by atoms with Gasteiger partial charge in [-0.15, -0.1) is 0 Å². The summed E-state index contributed by atoms with van der Waals surface area (Å²) in [4.78, 5) is 16.4. The van der Waals surface area contributed by atoms with Crippen LogP contribution in [-0.4, -0.2) is 28.1 Å². The maximum absolute atomic E-state index is 11.9. The van der Waals surface area contributed by atoms with Gasteiger partial charge in [-0.05, 0) is 13.3 Å². The number of hydrogen-bond acceptors (Lipinski definition) is 3. The number of aromatic nitrogens is 2. The highest BCUT2D eigenvalue weighted by Gasteiger charge is 2.23. The molecule has 0 aliphatic carbocycles. The molecule has 2 aliphatic rings. The Morgan fingerprint density at radius 3 is 3.22 bits per heavy atom. The highest BCUT2D eigenvalue weighted by molar-refractivity contribution is 5.93. The zero-order chi connectivity index (χ0) is 12.5. The first-order valence-corrected chi connectivity index (χ1v) is 6.36. The Morgan fingerprint density at radius 1 is 1.56 bits per heavy atom. The van der Waals surface area contributed by atoms with E-state index in [0.29, 0.717) is 13.0 Å². The molecule has 96 valence electrons. The Balaban J connectivity index is 1.64. The second kappa shape index (κ2) is 4.48. The molecule has 18 heavy (non-hydrogen) atoms. The fraction of sp³-hybridized carbons (Fsp3) is 0.538. The molecular formula is C13H17N3O2. The normalized spacial score (nSPS) is 22.1. The number of nitrogens with one attached hydrogen (secondary N) is 1. The summed E-state index contributed by atoms with van der Waals surface area (Å²) in [5.41, 5.74) is 1.80. The maximum Gasteiger partial charge on any atom is 0.250 e. The van der Waals surface area contributed by atoms with Crippen LogP contribution in [0.25, 0.3) is 0 Å². The number of ether oxygens (including phenoxy) is 1. The molecule has 0 spiro atoms. The number of carbonyl (C=O) groups is 1. The molecule has 5 heteroatoms. The number of fused-ring (bicyclic) bond motifs is 1. The van der Waals surface area contributed by atoms with E-state index in [1.165, 1.54) is 0 Å². The lowest BCUT2D eigenvalue weighted by Crippen LogP contribution is -2.41. The summed E-state index contributed by atoms with van der Waals surface area (Å²) >= 11 is 0. The van der Waals surface area contributed by atoms with Crippen LogP contribution in [0.15, 0.2) is 18.0 Å². The fourth-order valence-electron chi connectivity index (χ4n) is 2.54. The Hall–Kier alpha value is -1.78. The molecule has 1 aromatic rings. The van der Waals surface area contributed by atoms with Crippen molar-refractivity contribution in [2.75, 3.05) is 6.61 Å². The Bertz CT molecular complexity index is 504. The van der Waals surface area contributed by atoms with Crippen molar-refractivity contribution in [1.82, 2.24) is 14.9 Å². The number of carbonyl (C=O) groups excluding carboxylic acids is 1. The molecule has 1 amide bonds. The first kappa shape index (κ1) is 11.3. The number of imidazole rings is 1. The van der Waals surface area contributed by atoms with Gasteiger partial charge < -0.3 is 14.6 Å². The minimum absolute atomic E-state index is 0.0118. The van der Waals surface area contributed by atoms with Gasteiger partial charge in [-0.1, -0.05) is 0 Å². The largest absolute Gasteiger partial charge is 0.500 e. The van der Waals surface area contributed by atoms with Crippen LogP contribution in [-0.2, 0) is 22.5 Å². The third kappa shape index (κ3) is 2.12. The monoisotopic (exact) mass is 247 g/mol. The van der Waals surface area contributed by atoms with Gasteiger partial charge in [-0.3, -0.25) is 4.79 Å². The molecule has 2 aliphatic heterocycles. The summed E-state index contributed by atoms with van der Waals surface area (Å²) in [6.45, 7) is 3.44. The van der Waals surface area contributed by atoms with Crippen molar-refractivity contribution in [3.8, 4) is 0 Å². The molecule has 3 rings (SSSR count).